The highest BCUT2D eigenvalue weighted by atomic mass is 16.5. The molecule has 0 saturated heterocycles. The van der Waals surface area contributed by atoms with Gasteiger partial charge in [-0.1, -0.05) is 24.3 Å². The molecular formula is C19H23NO2. The van der Waals surface area contributed by atoms with Crippen molar-refractivity contribution in [2.45, 2.75) is 33.7 Å². The van der Waals surface area contributed by atoms with Gasteiger partial charge in [-0.2, -0.15) is 0 Å². The van der Waals surface area contributed by atoms with Crippen molar-refractivity contribution in [1.29, 1.82) is 0 Å². The molecule has 3 nitrogen and oxygen atoms in total. The van der Waals surface area contributed by atoms with E-state index in [0.717, 1.165) is 22.4 Å². The lowest BCUT2D eigenvalue weighted by Crippen LogP contribution is -2.37. The van der Waals surface area contributed by atoms with Crippen molar-refractivity contribution < 1.29 is 9.53 Å². The van der Waals surface area contributed by atoms with Crippen LogP contribution in [0.2, 0.25) is 0 Å². The zero-order valence-corrected chi connectivity index (χ0v) is 13.6. The fourth-order valence-electron chi connectivity index (χ4n) is 2.29. The van der Waals surface area contributed by atoms with E-state index in [9.17, 15) is 4.79 Å². The number of para-hydroxylation sites is 1. The number of carbonyl (C=O) groups excluding carboxylic acids is 1. The molecule has 1 amide bonds. The number of hydrogen-bond donors (Lipinski definition) is 1. The van der Waals surface area contributed by atoms with Gasteiger partial charge in [0.1, 0.15) is 12.4 Å². The predicted molar refractivity (Wildman–Crippen MR) is 89.5 cm³/mol. The van der Waals surface area contributed by atoms with Crippen molar-refractivity contribution in [2.24, 2.45) is 0 Å². The van der Waals surface area contributed by atoms with Crippen molar-refractivity contribution in [3.05, 3.63) is 64.7 Å². The number of benzene rings is 2. The summed E-state index contributed by atoms with van der Waals surface area (Å²) in [7, 11) is 0. The fourth-order valence-corrected chi connectivity index (χ4v) is 2.29. The Labute approximate surface area is 132 Å². The number of hydrogen-bond acceptors (Lipinski definition) is 2. The van der Waals surface area contributed by atoms with Crippen molar-refractivity contribution in [2.75, 3.05) is 6.61 Å². The van der Waals surface area contributed by atoms with Crippen LogP contribution >= 0.6 is 0 Å². The van der Waals surface area contributed by atoms with E-state index in [0.29, 0.717) is 6.61 Å². The number of rotatable bonds is 5. The van der Waals surface area contributed by atoms with Gasteiger partial charge in [-0.3, -0.25) is 4.79 Å². The van der Waals surface area contributed by atoms with E-state index in [1.54, 1.807) is 0 Å². The third kappa shape index (κ3) is 4.10. The Balaban J connectivity index is 1.95. The first kappa shape index (κ1) is 16.1. The molecule has 0 aromatic heterocycles. The number of nitrogens with one attached hydrogen (secondary N) is 1. The van der Waals surface area contributed by atoms with E-state index in [4.69, 9.17) is 4.74 Å². The summed E-state index contributed by atoms with van der Waals surface area (Å²) >= 11 is 0. The van der Waals surface area contributed by atoms with Gasteiger partial charge in [-0.15, -0.1) is 0 Å². The summed E-state index contributed by atoms with van der Waals surface area (Å²) in [5.74, 6) is 0.760. The first-order valence-electron chi connectivity index (χ1n) is 7.54. The second-order valence-corrected chi connectivity index (χ2v) is 5.75. The quantitative estimate of drug-likeness (QED) is 0.911. The molecule has 0 spiro atoms. The molecule has 0 saturated carbocycles. The Bertz CT molecular complexity index is 650. The van der Waals surface area contributed by atoms with Crippen LogP contribution in [0.15, 0.2) is 42.5 Å². The van der Waals surface area contributed by atoms with E-state index >= 15 is 0 Å². The molecule has 2 rings (SSSR count). The molecule has 0 radical (unpaired) electrons. The molecule has 0 fully saturated rings. The highest BCUT2D eigenvalue weighted by molar-refractivity contribution is 5.96. The zero-order chi connectivity index (χ0) is 16.1. The van der Waals surface area contributed by atoms with Gasteiger partial charge in [0, 0.05) is 5.56 Å². The maximum absolute atomic E-state index is 12.4. The van der Waals surface area contributed by atoms with E-state index in [-0.39, 0.29) is 11.9 Å². The summed E-state index contributed by atoms with van der Waals surface area (Å²) < 4.78 is 5.66. The zero-order valence-electron chi connectivity index (χ0n) is 13.6. The molecule has 2 aromatic carbocycles. The SMILES string of the molecule is Cc1cc(C)c(C(=O)NC(C)COc2ccccc2)cc1C. The molecular weight excluding hydrogens is 274 g/mol. The molecule has 0 heterocycles. The number of carbonyl (C=O) groups is 1. The second-order valence-electron chi connectivity index (χ2n) is 5.75. The summed E-state index contributed by atoms with van der Waals surface area (Å²) in [5, 5.41) is 2.99. The molecule has 1 unspecified atom stereocenters. The summed E-state index contributed by atoms with van der Waals surface area (Å²) in [5.41, 5.74) is 4.06. The van der Waals surface area contributed by atoms with E-state index in [2.05, 4.69) is 18.3 Å². The molecule has 116 valence electrons. The molecule has 1 atom stereocenters. The minimum absolute atomic E-state index is 0.0511. The fraction of sp³-hybridized carbons (Fsp3) is 0.316. The lowest BCUT2D eigenvalue weighted by atomic mass is 10.0. The average Bonchev–Trinajstić information content (AvgIpc) is 2.50. The maximum atomic E-state index is 12.4. The molecule has 1 N–H and O–H groups in total. The topological polar surface area (TPSA) is 38.3 Å². The number of aryl methyl sites for hydroxylation is 3. The molecule has 2 aromatic rings. The smallest absolute Gasteiger partial charge is 0.251 e. The van der Waals surface area contributed by atoms with Gasteiger partial charge in [0.15, 0.2) is 0 Å². The normalized spacial score (nSPS) is 11.8. The highest BCUT2D eigenvalue weighted by Crippen LogP contribution is 2.15. The maximum Gasteiger partial charge on any atom is 0.251 e. The first-order chi connectivity index (χ1) is 10.5. The standard InChI is InChI=1S/C19H23NO2/c1-13-10-15(3)18(11-14(13)2)19(21)20-16(4)12-22-17-8-6-5-7-9-17/h5-11,16H,12H2,1-4H3,(H,20,21). The Hall–Kier alpha value is -2.29. The van der Waals surface area contributed by atoms with Crippen LogP contribution in [0.25, 0.3) is 0 Å². The van der Waals surface area contributed by atoms with Crippen molar-refractivity contribution >= 4 is 5.91 Å². The van der Waals surface area contributed by atoms with Crippen LogP contribution in [0, 0.1) is 20.8 Å². The van der Waals surface area contributed by atoms with Crippen molar-refractivity contribution in [3.63, 3.8) is 0 Å². The van der Waals surface area contributed by atoms with Crippen LogP contribution in [0.4, 0.5) is 0 Å². The molecule has 0 aliphatic rings. The van der Waals surface area contributed by atoms with Gasteiger partial charge in [-0.25, -0.2) is 0 Å². The van der Waals surface area contributed by atoms with Gasteiger partial charge in [0.2, 0.25) is 0 Å². The van der Waals surface area contributed by atoms with E-state index in [1.165, 1.54) is 5.56 Å². The summed E-state index contributed by atoms with van der Waals surface area (Å²) in [6, 6.07) is 13.5. The Morgan fingerprint density at radius 2 is 1.68 bits per heavy atom. The van der Waals surface area contributed by atoms with Crippen LogP contribution in [-0.4, -0.2) is 18.6 Å². The molecule has 22 heavy (non-hydrogen) atoms. The Kier molecular flexibility index (Phi) is 5.21. The lowest BCUT2D eigenvalue weighted by Gasteiger charge is -2.16. The largest absolute Gasteiger partial charge is 0.491 e. The van der Waals surface area contributed by atoms with Crippen molar-refractivity contribution in [3.8, 4) is 5.75 Å². The minimum atomic E-state index is -0.0614. The third-order valence-corrected chi connectivity index (χ3v) is 3.71. The van der Waals surface area contributed by atoms with Gasteiger partial charge in [0.25, 0.3) is 5.91 Å². The predicted octanol–water partition coefficient (Wildman–Crippen LogP) is 3.81. The van der Waals surface area contributed by atoms with Crippen molar-refractivity contribution in [1.82, 2.24) is 5.32 Å². The van der Waals surface area contributed by atoms with Gasteiger partial charge in [0.05, 0.1) is 6.04 Å². The summed E-state index contributed by atoms with van der Waals surface area (Å²) in [6.45, 7) is 8.43. The van der Waals surface area contributed by atoms with Crippen LogP contribution in [0.1, 0.15) is 34.0 Å². The van der Waals surface area contributed by atoms with Gasteiger partial charge in [-0.05, 0) is 62.6 Å². The van der Waals surface area contributed by atoms with Crippen LogP contribution < -0.4 is 10.1 Å². The molecule has 0 bridgehead atoms. The lowest BCUT2D eigenvalue weighted by molar-refractivity contribution is 0.0926. The highest BCUT2D eigenvalue weighted by Gasteiger charge is 2.13. The first-order valence-corrected chi connectivity index (χ1v) is 7.54. The molecule has 3 heteroatoms. The van der Waals surface area contributed by atoms with Crippen LogP contribution in [-0.2, 0) is 0 Å². The average molecular weight is 297 g/mol. The summed E-state index contributed by atoms with van der Waals surface area (Å²) in [6.07, 6.45) is 0. The molecule has 0 aliphatic heterocycles. The monoisotopic (exact) mass is 297 g/mol. The second kappa shape index (κ2) is 7.12. The van der Waals surface area contributed by atoms with Crippen LogP contribution in [0.5, 0.6) is 5.75 Å². The van der Waals surface area contributed by atoms with E-state index < -0.39 is 0 Å². The van der Waals surface area contributed by atoms with Crippen LogP contribution in [0.3, 0.4) is 0 Å². The number of ether oxygens (including phenoxy) is 1. The molecule has 0 aliphatic carbocycles. The Morgan fingerprint density at radius 1 is 1.05 bits per heavy atom. The summed E-state index contributed by atoms with van der Waals surface area (Å²) in [4.78, 5) is 12.4. The number of amides is 1. The Morgan fingerprint density at radius 3 is 2.36 bits per heavy atom. The van der Waals surface area contributed by atoms with E-state index in [1.807, 2.05) is 57.2 Å². The third-order valence-electron chi connectivity index (χ3n) is 3.71. The van der Waals surface area contributed by atoms with Gasteiger partial charge < -0.3 is 10.1 Å². The minimum Gasteiger partial charge on any atom is -0.491 e. The van der Waals surface area contributed by atoms with Gasteiger partial charge >= 0.3 is 0 Å².